The Bertz CT molecular complexity index is 946. The number of ketones is 1. The molecule has 1 aliphatic heterocycles. The van der Waals surface area contributed by atoms with E-state index < -0.39 is 0 Å². The van der Waals surface area contributed by atoms with Crippen LogP contribution in [0.25, 0.3) is 0 Å². The molecular weight excluding hydrogens is 420 g/mol. The van der Waals surface area contributed by atoms with Gasteiger partial charge in [-0.3, -0.25) is 4.79 Å². The van der Waals surface area contributed by atoms with E-state index in [1.165, 1.54) is 48.0 Å². The van der Waals surface area contributed by atoms with E-state index in [-0.39, 0.29) is 11.5 Å². The van der Waals surface area contributed by atoms with Gasteiger partial charge in [-0.2, -0.15) is 0 Å². The van der Waals surface area contributed by atoms with E-state index in [0.29, 0.717) is 24.0 Å². The molecule has 184 valence electrons. The number of ether oxygens (including phenoxy) is 2. The lowest BCUT2D eigenvalue weighted by Gasteiger charge is -2.45. The van der Waals surface area contributed by atoms with Crippen molar-refractivity contribution in [3.8, 4) is 18.1 Å². The lowest BCUT2D eigenvalue weighted by molar-refractivity contribution is -0.114. The van der Waals surface area contributed by atoms with Crippen LogP contribution in [0, 0.1) is 29.6 Å². The van der Waals surface area contributed by atoms with E-state index in [1.54, 1.807) is 14.0 Å². The van der Waals surface area contributed by atoms with E-state index in [0.717, 1.165) is 31.6 Å². The van der Waals surface area contributed by atoms with Crippen molar-refractivity contribution in [1.82, 2.24) is 0 Å². The summed E-state index contributed by atoms with van der Waals surface area (Å²) in [6.45, 7) is 8.95. The molecule has 0 radical (unpaired) electrons. The van der Waals surface area contributed by atoms with Gasteiger partial charge >= 0.3 is 0 Å². The van der Waals surface area contributed by atoms with Gasteiger partial charge in [-0.1, -0.05) is 45.7 Å². The largest absolute Gasteiger partial charge is 0.497 e. The molecule has 3 aliphatic carbocycles. The van der Waals surface area contributed by atoms with Gasteiger partial charge in [0, 0.05) is 6.42 Å². The van der Waals surface area contributed by atoms with Gasteiger partial charge in [-0.25, -0.2) is 0 Å². The SMILES string of the molecule is C#CC.CC.COc1ccc([C@@H]2OC[C@]3(C)CCCCC3C3CCC4=CC(=O)CCC4=C32)cc1. The van der Waals surface area contributed by atoms with Crippen LogP contribution in [-0.2, 0) is 9.53 Å². The molecule has 3 heteroatoms. The van der Waals surface area contributed by atoms with Crippen LogP contribution in [0.1, 0.15) is 90.7 Å². The Morgan fingerprint density at radius 1 is 1.09 bits per heavy atom. The highest BCUT2D eigenvalue weighted by atomic mass is 16.5. The first kappa shape index (κ1) is 26.3. The quantitative estimate of drug-likeness (QED) is 0.424. The molecule has 4 atom stereocenters. The minimum Gasteiger partial charge on any atom is -0.497 e. The Morgan fingerprint density at radius 3 is 2.47 bits per heavy atom. The molecule has 0 aromatic heterocycles. The van der Waals surface area contributed by atoms with Crippen molar-refractivity contribution >= 4 is 5.78 Å². The summed E-state index contributed by atoms with van der Waals surface area (Å²) in [6, 6.07) is 8.42. The third kappa shape index (κ3) is 5.33. The van der Waals surface area contributed by atoms with Crippen LogP contribution in [0.5, 0.6) is 5.75 Å². The summed E-state index contributed by atoms with van der Waals surface area (Å²) in [7, 11) is 1.71. The highest BCUT2D eigenvalue weighted by Gasteiger charge is 2.49. The molecule has 34 heavy (non-hydrogen) atoms. The summed E-state index contributed by atoms with van der Waals surface area (Å²) in [5.41, 5.74) is 5.71. The van der Waals surface area contributed by atoms with E-state index >= 15 is 0 Å². The van der Waals surface area contributed by atoms with Crippen LogP contribution >= 0.6 is 0 Å². The Labute approximate surface area is 207 Å². The number of carbonyl (C=O) groups is 1. The first-order chi connectivity index (χ1) is 16.5. The lowest BCUT2D eigenvalue weighted by atomic mass is 9.58. The molecule has 1 aromatic carbocycles. The smallest absolute Gasteiger partial charge is 0.156 e. The number of rotatable bonds is 2. The summed E-state index contributed by atoms with van der Waals surface area (Å²) >= 11 is 0. The van der Waals surface area contributed by atoms with Crippen molar-refractivity contribution in [1.29, 1.82) is 0 Å². The number of carbonyl (C=O) groups excluding carboxylic acids is 1. The van der Waals surface area contributed by atoms with Crippen LogP contribution in [0.3, 0.4) is 0 Å². The fourth-order valence-electron chi connectivity index (χ4n) is 6.49. The number of benzene rings is 1. The number of methoxy groups -OCH3 is 1. The van der Waals surface area contributed by atoms with Crippen LogP contribution in [0.4, 0.5) is 0 Å². The van der Waals surface area contributed by atoms with Gasteiger partial charge in [0.15, 0.2) is 5.78 Å². The van der Waals surface area contributed by atoms with E-state index in [1.807, 2.05) is 32.1 Å². The third-order valence-electron chi connectivity index (χ3n) is 7.99. The second-order valence-corrected chi connectivity index (χ2v) is 9.97. The van der Waals surface area contributed by atoms with Gasteiger partial charge in [-0.05, 0) is 96.8 Å². The van der Waals surface area contributed by atoms with Gasteiger partial charge in [0.25, 0.3) is 0 Å². The molecule has 0 bridgehead atoms. The zero-order valence-electron chi connectivity index (χ0n) is 21.8. The molecule has 2 unspecified atom stereocenters. The van der Waals surface area contributed by atoms with E-state index in [2.05, 4.69) is 31.4 Å². The molecule has 3 nitrogen and oxygen atoms in total. The molecule has 1 saturated carbocycles. The van der Waals surface area contributed by atoms with Crippen molar-refractivity contribution in [2.45, 2.75) is 85.2 Å². The molecule has 2 fully saturated rings. The van der Waals surface area contributed by atoms with E-state index in [9.17, 15) is 4.79 Å². The van der Waals surface area contributed by atoms with Gasteiger partial charge in [0.05, 0.1) is 13.7 Å². The van der Waals surface area contributed by atoms with Gasteiger partial charge in [0.1, 0.15) is 11.9 Å². The van der Waals surface area contributed by atoms with Crippen LogP contribution < -0.4 is 4.74 Å². The van der Waals surface area contributed by atoms with Crippen molar-refractivity contribution in [3.05, 3.63) is 52.6 Å². The predicted octanol–water partition coefficient (Wildman–Crippen LogP) is 7.62. The summed E-state index contributed by atoms with van der Waals surface area (Å²) in [4.78, 5) is 12.1. The maximum atomic E-state index is 12.1. The Hall–Kier alpha value is -2.31. The molecule has 5 rings (SSSR count). The van der Waals surface area contributed by atoms with Gasteiger partial charge < -0.3 is 9.47 Å². The maximum absolute atomic E-state index is 12.1. The first-order valence-corrected chi connectivity index (χ1v) is 13.1. The van der Waals surface area contributed by atoms with Crippen molar-refractivity contribution in [2.24, 2.45) is 17.3 Å². The number of fused-ring (bicyclic) bond motifs is 4. The number of allylic oxidation sites excluding steroid dienone is 3. The van der Waals surface area contributed by atoms with Crippen LogP contribution in [0.15, 0.2) is 47.1 Å². The second-order valence-electron chi connectivity index (χ2n) is 9.97. The standard InChI is InChI=1S/C26H32O3.C3H4.C2H6/c1-26-14-4-3-5-23(26)22-12-8-18-15-19(27)9-13-21(18)24(22)25(29-16-26)17-6-10-20(28-2)11-7-17;1-3-2;1-2/h6-7,10-11,15,22-23,25H,3-5,8-9,12-14,16H2,1-2H3;1H,2H3;1-2H3/t22?,23?,25-,26-;;/m0../s1. The van der Waals surface area contributed by atoms with Gasteiger partial charge in [-0.15, -0.1) is 12.3 Å². The maximum Gasteiger partial charge on any atom is 0.156 e. The zero-order chi connectivity index (χ0) is 24.7. The molecular formula is C31H42O3. The molecule has 1 saturated heterocycles. The van der Waals surface area contributed by atoms with Crippen LogP contribution in [-0.4, -0.2) is 19.5 Å². The average molecular weight is 463 g/mol. The monoisotopic (exact) mass is 462 g/mol. The average Bonchev–Trinajstić information content (AvgIpc) is 2.99. The highest BCUT2D eigenvalue weighted by Crippen LogP contribution is 2.57. The van der Waals surface area contributed by atoms with Crippen molar-refractivity contribution < 1.29 is 14.3 Å². The summed E-state index contributed by atoms with van der Waals surface area (Å²) in [6.07, 6.45) is 15.5. The molecule has 1 heterocycles. The highest BCUT2D eigenvalue weighted by molar-refractivity contribution is 5.93. The number of hydrogen-bond acceptors (Lipinski definition) is 3. The molecule has 4 aliphatic rings. The molecule has 0 amide bonds. The zero-order valence-corrected chi connectivity index (χ0v) is 21.8. The van der Waals surface area contributed by atoms with Gasteiger partial charge in [0.2, 0.25) is 0 Å². The van der Waals surface area contributed by atoms with Crippen molar-refractivity contribution in [3.63, 3.8) is 0 Å². The Balaban J connectivity index is 0.000000603. The van der Waals surface area contributed by atoms with Crippen molar-refractivity contribution in [2.75, 3.05) is 13.7 Å². The predicted molar refractivity (Wildman–Crippen MR) is 140 cm³/mol. The molecule has 0 spiro atoms. The molecule has 1 aromatic rings. The number of terminal acetylenes is 1. The Kier molecular flexibility index (Phi) is 9.20. The second kappa shape index (κ2) is 11.9. The lowest BCUT2D eigenvalue weighted by Crippen LogP contribution is -2.39. The minimum absolute atomic E-state index is 0.000216. The van der Waals surface area contributed by atoms with E-state index in [4.69, 9.17) is 9.47 Å². The Morgan fingerprint density at radius 2 is 1.79 bits per heavy atom. The summed E-state index contributed by atoms with van der Waals surface area (Å²) in [5, 5.41) is 0. The molecule has 0 N–H and O–H groups in total. The normalized spacial score (nSPS) is 29.8. The fraction of sp³-hybridized carbons (Fsp3) is 0.581. The third-order valence-corrected chi connectivity index (χ3v) is 7.99. The summed E-state index contributed by atoms with van der Waals surface area (Å²) in [5.74, 6) is 4.70. The van der Waals surface area contributed by atoms with Crippen LogP contribution in [0.2, 0.25) is 0 Å². The fourth-order valence-corrected chi connectivity index (χ4v) is 6.49. The number of hydrogen-bond donors (Lipinski definition) is 0. The summed E-state index contributed by atoms with van der Waals surface area (Å²) < 4.78 is 12.1. The minimum atomic E-state index is 0.000216. The topological polar surface area (TPSA) is 35.5 Å². The first-order valence-electron chi connectivity index (χ1n) is 13.1.